The summed E-state index contributed by atoms with van der Waals surface area (Å²) in [4.78, 5) is 2.91. The zero-order valence-electron chi connectivity index (χ0n) is 13.4. The van der Waals surface area contributed by atoms with Crippen LogP contribution in [0.25, 0.3) is 0 Å². The maximum Gasteiger partial charge on any atom is 0.0113 e. The summed E-state index contributed by atoms with van der Waals surface area (Å²) >= 11 is 0. The summed E-state index contributed by atoms with van der Waals surface area (Å²) in [6.07, 6.45) is 16.2. The molecule has 2 aliphatic heterocycles. The van der Waals surface area contributed by atoms with Crippen molar-refractivity contribution in [3.05, 3.63) is 0 Å². The second-order valence-corrected chi connectivity index (χ2v) is 7.50. The fraction of sp³-hybridized carbons (Fsp3) is 1.00. The smallest absolute Gasteiger partial charge is 0.0113 e. The number of fused-ring (bicyclic) bond motifs is 2. The lowest BCUT2D eigenvalue weighted by molar-refractivity contribution is 0.0229. The summed E-state index contributed by atoms with van der Waals surface area (Å²) < 4.78 is 0. The third kappa shape index (κ3) is 3.57. The van der Waals surface area contributed by atoms with Crippen molar-refractivity contribution in [2.45, 2.75) is 95.7 Å². The Labute approximate surface area is 125 Å². The molecule has 1 N–H and O–H groups in total. The van der Waals surface area contributed by atoms with Crippen molar-refractivity contribution in [3.8, 4) is 0 Å². The van der Waals surface area contributed by atoms with Gasteiger partial charge in [-0.1, -0.05) is 39.0 Å². The van der Waals surface area contributed by atoms with Crippen molar-refractivity contribution in [3.63, 3.8) is 0 Å². The van der Waals surface area contributed by atoms with Gasteiger partial charge in [-0.25, -0.2) is 0 Å². The Morgan fingerprint density at radius 3 is 2.30 bits per heavy atom. The van der Waals surface area contributed by atoms with E-state index >= 15 is 0 Å². The molecule has 2 saturated heterocycles. The van der Waals surface area contributed by atoms with Gasteiger partial charge in [0.05, 0.1) is 0 Å². The molecule has 3 aliphatic rings. The van der Waals surface area contributed by atoms with Crippen molar-refractivity contribution >= 4 is 0 Å². The molecule has 0 spiro atoms. The third-order valence-corrected chi connectivity index (χ3v) is 6.12. The van der Waals surface area contributed by atoms with Gasteiger partial charge < -0.3 is 5.32 Å². The quantitative estimate of drug-likeness (QED) is 0.791. The van der Waals surface area contributed by atoms with Crippen molar-refractivity contribution in [2.24, 2.45) is 5.92 Å². The lowest BCUT2D eigenvalue weighted by Crippen LogP contribution is -2.56. The van der Waals surface area contributed by atoms with Gasteiger partial charge in [-0.15, -0.1) is 0 Å². The molecule has 2 heteroatoms. The van der Waals surface area contributed by atoms with Gasteiger partial charge in [-0.3, -0.25) is 4.90 Å². The summed E-state index contributed by atoms with van der Waals surface area (Å²) in [7, 11) is 0. The molecule has 3 rings (SSSR count). The minimum absolute atomic E-state index is 0.807. The Kier molecular flexibility index (Phi) is 5.39. The van der Waals surface area contributed by atoms with Gasteiger partial charge >= 0.3 is 0 Å². The number of hydrogen-bond acceptors (Lipinski definition) is 2. The van der Waals surface area contributed by atoms with Crippen LogP contribution in [0.4, 0.5) is 0 Å². The van der Waals surface area contributed by atoms with E-state index in [-0.39, 0.29) is 0 Å². The molecule has 2 bridgehead atoms. The molecular weight excluding hydrogens is 244 g/mol. The molecule has 2 heterocycles. The highest BCUT2D eigenvalue weighted by Crippen LogP contribution is 2.35. The standard InChI is InChI=1S/C18H34N2/c1-2-19-16-13-17-10-5-11-18(14-16)20(17)12-6-9-15-7-3-4-8-15/h15-19H,2-14H2,1H3. The first-order valence-corrected chi connectivity index (χ1v) is 9.36. The van der Waals surface area contributed by atoms with E-state index in [1.807, 2.05) is 0 Å². The van der Waals surface area contributed by atoms with Crippen LogP contribution in [0.3, 0.4) is 0 Å². The fourth-order valence-electron chi connectivity index (χ4n) is 5.16. The Bertz CT molecular complexity index is 271. The van der Waals surface area contributed by atoms with Crippen LogP contribution in [0, 0.1) is 5.92 Å². The lowest BCUT2D eigenvalue weighted by atomic mass is 9.81. The highest BCUT2D eigenvalue weighted by Gasteiger charge is 2.37. The van der Waals surface area contributed by atoms with E-state index in [1.165, 1.54) is 77.2 Å². The maximum atomic E-state index is 3.71. The number of nitrogens with one attached hydrogen (secondary N) is 1. The van der Waals surface area contributed by atoms with Crippen LogP contribution in [0.2, 0.25) is 0 Å². The Morgan fingerprint density at radius 1 is 0.950 bits per heavy atom. The van der Waals surface area contributed by atoms with Gasteiger partial charge in [0, 0.05) is 18.1 Å². The number of rotatable bonds is 6. The first-order chi connectivity index (χ1) is 9.86. The number of piperidine rings is 2. The minimum atomic E-state index is 0.807. The molecule has 2 unspecified atom stereocenters. The molecule has 2 atom stereocenters. The molecule has 0 amide bonds. The summed E-state index contributed by atoms with van der Waals surface area (Å²) in [5.74, 6) is 1.08. The molecule has 3 fully saturated rings. The van der Waals surface area contributed by atoms with E-state index in [0.717, 1.165) is 30.6 Å². The Balaban J connectivity index is 1.46. The molecule has 0 radical (unpaired) electrons. The van der Waals surface area contributed by atoms with Crippen molar-refractivity contribution < 1.29 is 0 Å². The number of nitrogens with zero attached hydrogens (tertiary/aromatic N) is 1. The first kappa shape index (κ1) is 14.8. The average Bonchev–Trinajstić information content (AvgIpc) is 2.93. The predicted octanol–water partition coefficient (Wildman–Crippen LogP) is 3.95. The molecule has 0 aromatic carbocycles. The monoisotopic (exact) mass is 278 g/mol. The van der Waals surface area contributed by atoms with E-state index in [1.54, 1.807) is 0 Å². The van der Waals surface area contributed by atoms with E-state index < -0.39 is 0 Å². The largest absolute Gasteiger partial charge is 0.314 e. The van der Waals surface area contributed by atoms with Crippen LogP contribution in [-0.2, 0) is 0 Å². The zero-order chi connectivity index (χ0) is 13.8. The zero-order valence-corrected chi connectivity index (χ0v) is 13.4. The summed E-state index contributed by atoms with van der Waals surface area (Å²) in [5, 5.41) is 3.71. The van der Waals surface area contributed by atoms with E-state index in [9.17, 15) is 0 Å². The summed E-state index contributed by atoms with van der Waals surface area (Å²) in [5.41, 5.74) is 0. The minimum Gasteiger partial charge on any atom is -0.314 e. The van der Waals surface area contributed by atoms with E-state index in [4.69, 9.17) is 0 Å². The second-order valence-electron chi connectivity index (χ2n) is 7.50. The molecule has 1 saturated carbocycles. The van der Waals surface area contributed by atoms with Gasteiger partial charge in [0.2, 0.25) is 0 Å². The van der Waals surface area contributed by atoms with Gasteiger partial charge in [0.15, 0.2) is 0 Å². The maximum absolute atomic E-state index is 3.71. The first-order valence-electron chi connectivity index (χ1n) is 9.36. The van der Waals surface area contributed by atoms with Crippen molar-refractivity contribution in [2.75, 3.05) is 13.1 Å². The molecule has 116 valence electrons. The van der Waals surface area contributed by atoms with Crippen molar-refractivity contribution in [1.82, 2.24) is 10.2 Å². The van der Waals surface area contributed by atoms with Gasteiger partial charge in [-0.2, -0.15) is 0 Å². The normalized spacial score (nSPS) is 35.5. The SMILES string of the molecule is CCNC1CC2CCCC(C1)N2CCCC1CCCC1. The fourth-order valence-corrected chi connectivity index (χ4v) is 5.16. The highest BCUT2D eigenvalue weighted by atomic mass is 15.2. The van der Waals surface area contributed by atoms with Crippen LogP contribution in [-0.4, -0.2) is 36.1 Å². The van der Waals surface area contributed by atoms with Gasteiger partial charge in [-0.05, 0) is 57.5 Å². The highest BCUT2D eigenvalue weighted by molar-refractivity contribution is 4.94. The molecule has 2 nitrogen and oxygen atoms in total. The second kappa shape index (κ2) is 7.26. The van der Waals surface area contributed by atoms with Crippen LogP contribution in [0.1, 0.15) is 77.6 Å². The summed E-state index contributed by atoms with van der Waals surface area (Å²) in [6.45, 7) is 4.79. The average molecular weight is 278 g/mol. The Hall–Kier alpha value is -0.0800. The molecule has 0 aromatic rings. The lowest BCUT2D eigenvalue weighted by Gasteiger charge is -2.49. The van der Waals surface area contributed by atoms with Crippen LogP contribution >= 0.6 is 0 Å². The third-order valence-electron chi connectivity index (χ3n) is 6.12. The van der Waals surface area contributed by atoms with Gasteiger partial charge in [0.1, 0.15) is 0 Å². The number of hydrogen-bond donors (Lipinski definition) is 1. The summed E-state index contributed by atoms with van der Waals surface area (Å²) in [6, 6.07) is 2.60. The topological polar surface area (TPSA) is 15.3 Å². The van der Waals surface area contributed by atoms with Crippen LogP contribution in [0.5, 0.6) is 0 Å². The van der Waals surface area contributed by atoms with Crippen LogP contribution < -0.4 is 5.32 Å². The molecule has 0 aromatic heterocycles. The van der Waals surface area contributed by atoms with Crippen LogP contribution in [0.15, 0.2) is 0 Å². The van der Waals surface area contributed by atoms with E-state index in [0.29, 0.717) is 0 Å². The van der Waals surface area contributed by atoms with Crippen molar-refractivity contribution in [1.29, 1.82) is 0 Å². The molecule has 1 aliphatic carbocycles. The predicted molar refractivity (Wildman–Crippen MR) is 86.0 cm³/mol. The molecule has 20 heavy (non-hydrogen) atoms. The molecular formula is C18H34N2. The van der Waals surface area contributed by atoms with Gasteiger partial charge in [0.25, 0.3) is 0 Å². The van der Waals surface area contributed by atoms with E-state index in [2.05, 4.69) is 17.1 Å². The Morgan fingerprint density at radius 2 is 1.65 bits per heavy atom.